The summed E-state index contributed by atoms with van der Waals surface area (Å²) in [6, 6.07) is 3.40. The predicted octanol–water partition coefficient (Wildman–Crippen LogP) is 0.866. The van der Waals surface area contributed by atoms with Crippen molar-refractivity contribution in [1.82, 2.24) is 0 Å². The van der Waals surface area contributed by atoms with Gasteiger partial charge in [0.15, 0.2) is 0 Å². The molecule has 0 aromatic carbocycles. The highest BCUT2D eigenvalue weighted by Gasteiger charge is 2.11. The molecule has 0 saturated carbocycles. The summed E-state index contributed by atoms with van der Waals surface area (Å²) in [6.07, 6.45) is 1.82. The Morgan fingerprint density at radius 1 is 1.50 bits per heavy atom. The van der Waals surface area contributed by atoms with Crippen LogP contribution in [-0.2, 0) is 16.0 Å². The Morgan fingerprint density at radius 3 is 2.75 bits per heavy atom. The molecule has 1 aromatic rings. The average molecular weight is 168 g/mol. The van der Waals surface area contributed by atoms with Gasteiger partial charge in [0.1, 0.15) is 5.76 Å². The number of rotatable bonds is 4. The van der Waals surface area contributed by atoms with Crippen molar-refractivity contribution in [2.45, 2.75) is 12.8 Å². The van der Waals surface area contributed by atoms with Crippen molar-refractivity contribution in [3.05, 3.63) is 24.2 Å². The van der Waals surface area contributed by atoms with Crippen LogP contribution in [-0.4, -0.2) is 16.9 Å². The van der Waals surface area contributed by atoms with Crippen LogP contribution in [0.3, 0.4) is 0 Å². The molecule has 0 saturated heterocycles. The van der Waals surface area contributed by atoms with Crippen LogP contribution in [0.2, 0.25) is 0 Å². The first kappa shape index (κ1) is 8.52. The second kappa shape index (κ2) is 3.71. The lowest BCUT2D eigenvalue weighted by atomic mass is 10.2. The number of carbonyl (C=O) groups is 2. The highest BCUT2D eigenvalue weighted by atomic mass is 16.4. The van der Waals surface area contributed by atoms with Crippen LogP contribution in [0.4, 0.5) is 0 Å². The zero-order valence-electron chi connectivity index (χ0n) is 6.32. The van der Waals surface area contributed by atoms with Gasteiger partial charge < -0.3 is 9.52 Å². The van der Waals surface area contributed by atoms with E-state index in [-0.39, 0.29) is 6.42 Å². The van der Waals surface area contributed by atoms with Crippen LogP contribution in [0.5, 0.6) is 0 Å². The van der Waals surface area contributed by atoms with Gasteiger partial charge in [0, 0.05) is 12.8 Å². The first-order chi connectivity index (χ1) is 5.70. The summed E-state index contributed by atoms with van der Waals surface area (Å²) in [5, 5.41) is 8.23. The fourth-order valence-electron chi connectivity index (χ4n) is 0.798. The van der Waals surface area contributed by atoms with Gasteiger partial charge >= 0.3 is 5.97 Å². The number of furan rings is 1. The average Bonchev–Trinajstić information content (AvgIpc) is 2.51. The molecule has 0 amide bonds. The van der Waals surface area contributed by atoms with Crippen molar-refractivity contribution in [1.29, 1.82) is 0 Å². The Labute approximate surface area is 68.8 Å². The number of carboxylic acids is 1. The topological polar surface area (TPSA) is 67.5 Å². The molecule has 0 atom stereocenters. The minimum atomic E-state index is -1.39. The molecular formula is C8H8O4. The van der Waals surface area contributed by atoms with Crippen molar-refractivity contribution in [3.63, 3.8) is 0 Å². The summed E-state index contributed by atoms with van der Waals surface area (Å²) >= 11 is 0. The van der Waals surface area contributed by atoms with Crippen LogP contribution in [0, 0.1) is 0 Å². The zero-order valence-corrected chi connectivity index (χ0v) is 6.32. The molecule has 0 aliphatic carbocycles. The summed E-state index contributed by atoms with van der Waals surface area (Å²) in [6.45, 7) is 0. The van der Waals surface area contributed by atoms with Gasteiger partial charge in [-0.2, -0.15) is 0 Å². The van der Waals surface area contributed by atoms with Gasteiger partial charge in [0.2, 0.25) is 5.78 Å². The smallest absolute Gasteiger partial charge is 0.372 e. The van der Waals surface area contributed by atoms with Crippen LogP contribution in [0.15, 0.2) is 22.8 Å². The molecule has 0 unspecified atom stereocenters. The molecule has 0 fully saturated rings. The lowest BCUT2D eigenvalue weighted by Gasteiger charge is -1.92. The summed E-state index contributed by atoms with van der Waals surface area (Å²) in [5.74, 6) is -1.54. The van der Waals surface area contributed by atoms with Crippen LogP contribution >= 0.6 is 0 Å². The Morgan fingerprint density at radius 2 is 2.25 bits per heavy atom. The highest BCUT2D eigenvalue weighted by molar-refractivity contribution is 6.32. The first-order valence-corrected chi connectivity index (χ1v) is 3.48. The fraction of sp³-hybridized carbons (Fsp3) is 0.250. The maximum Gasteiger partial charge on any atom is 0.372 e. The number of hydrogen-bond donors (Lipinski definition) is 1. The van der Waals surface area contributed by atoms with E-state index in [2.05, 4.69) is 0 Å². The SMILES string of the molecule is O=C(O)C(=O)CCc1ccco1. The van der Waals surface area contributed by atoms with Gasteiger partial charge in [-0.25, -0.2) is 4.79 Å². The Kier molecular flexibility index (Phi) is 2.63. The molecule has 0 aliphatic heterocycles. The van der Waals surface area contributed by atoms with E-state index in [9.17, 15) is 9.59 Å². The van der Waals surface area contributed by atoms with E-state index in [4.69, 9.17) is 9.52 Å². The van der Waals surface area contributed by atoms with Crippen LogP contribution in [0.1, 0.15) is 12.2 Å². The molecule has 4 heteroatoms. The van der Waals surface area contributed by atoms with Crippen LogP contribution in [0.25, 0.3) is 0 Å². The van der Waals surface area contributed by atoms with Gasteiger partial charge in [0.05, 0.1) is 6.26 Å². The summed E-state index contributed by atoms with van der Waals surface area (Å²) in [5.41, 5.74) is 0. The summed E-state index contributed by atoms with van der Waals surface area (Å²) in [4.78, 5) is 20.7. The third-order valence-corrected chi connectivity index (χ3v) is 1.42. The van der Waals surface area contributed by atoms with E-state index in [1.54, 1.807) is 12.1 Å². The van der Waals surface area contributed by atoms with Crippen LogP contribution < -0.4 is 0 Å². The molecule has 12 heavy (non-hydrogen) atoms. The molecule has 0 bridgehead atoms. The van der Waals surface area contributed by atoms with Gasteiger partial charge in [-0.1, -0.05) is 0 Å². The number of ketones is 1. The number of aliphatic carboxylic acids is 1. The van der Waals surface area contributed by atoms with Crippen molar-refractivity contribution in [2.75, 3.05) is 0 Å². The molecule has 0 aliphatic rings. The Balaban J connectivity index is 2.37. The van der Waals surface area contributed by atoms with Gasteiger partial charge in [-0.3, -0.25) is 4.79 Å². The highest BCUT2D eigenvalue weighted by Crippen LogP contribution is 2.03. The van der Waals surface area contributed by atoms with Gasteiger partial charge in [-0.05, 0) is 12.1 Å². The molecule has 0 radical (unpaired) electrons. The zero-order chi connectivity index (χ0) is 8.97. The van der Waals surface area contributed by atoms with E-state index in [0.29, 0.717) is 12.2 Å². The maximum absolute atomic E-state index is 10.6. The number of aryl methyl sites for hydroxylation is 1. The molecule has 4 nitrogen and oxygen atoms in total. The first-order valence-electron chi connectivity index (χ1n) is 3.48. The summed E-state index contributed by atoms with van der Waals surface area (Å²) in [7, 11) is 0. The Bertz CT molecular complexity index is 273. The second-order valence-electron chi connectivity index (χ2n) is 2.31. The fourth-order valence-corrected chi connectivity index (χ4v) is 0.798. The summed E-state index contributed by atoms with van der Waals surface area (Å²) < 4.78 is 4.92. The molecular weight excluding hydrogens is 160 g/mol. The lowest BCUT2D eigenvalue weighted by Crippen LogP contribution is -2.12. The molecule has 1 rings (SSSR count). The minimum Gasteiger partial charge on any atom is -0.476 e. The number of carbonyl (C=O) groups excluding carboxylic acids is 1. The maximum atomic E-state index is 10.6. The van der Waals surface area contributed by atoms with Crippen molar-refractivity contribution < 1.29 is 19.1 Å². The third kappa shape index (κ3) is 2.23. The minimum absolute atomic E-state index is 0.0111. The molecule has 1 N–H and O–H groups in total. The van der Waals surface area contributed by atoms with Gasteiger partial charge in [0.25, 0.3) is 0 Å². The number of carboxylic acid groups (broad SMARTS) is 1. The van der Waals surface area contributed by atoms with E-state index >= 15 is 0 Å². The number of Topliss-reactive ketones (excluding diaryl/α,β-unsaturated/α-hetero) is 1. The monoisotopic (exact) mass is 168 g/mol. The van der Waals surface area contributed by atoms with E-state index in [1.807, 2.05) is 0 Å². The van der Waals surface area contributed by atoms with E-state index in [0.717, 1.165) is 0 Å². The Hall–Kier alpha value is -1.58. The standard InChI is InChI=1S/C8H8O4/c9-7(8(10)11)4-3-6-2-1-5-12-6/h1-2,5H,3-4H2,(H,10,11). The molecule has 1 heterocycles. The normalized spacial score (nSPS) is 9.67. The number of hydrogen-bond acceptors (Lipinski definition) is 3. The largest absolute Gasteiger partial charge is 0.476 e. The van der Waals surface area contributed by atoms with E-state index in [1.165, 1.54) is 6.26 Å². The van der Waals surface area contributed by atoms with E-state index < -0.39 is 11.8 Å². The van der Waals surface area contributed by atoms with Crippen molar-refractivity contribution >= 4 is 11.8 Å². The molecule has 1 aromatic heterocycles. The van der Waals surface area contributed by atoms with Crippen molar-refractivity contribution in [3.8, 4) is 0 Å². The third-order valence-electron chi connectivity index (χ3n) is 1.42. The predicted molar refractivity (Wildman–Crippen MR) is 39.7 cm³/mol. The van der Waals surface area contributed by atoms with Crippen molar-refractivity contribution in [2.24, 2.45) is 0 Å². The quantitative estimate of drug-likeness (QED) is 0.677. The second-order valence-corrected chi connectivity index (χ2v) is 2.31. The lowest BCUT2D eigenvalue weighted by molar-refractivity contribution is -0.149. The van der Waals surface area contributed by atoms with Gasteiger partial charge in [-0.15, -0.1) is 0 Å². The molecule has 64 valence electrons. The molecule has 0 spiro atoms.